The first-order valence-corrected chi connectivity index (χ1v) is 12.8. The lowest BCUT2D eigenvalue weighted by Crippen LogP contribution is -2.43. The van der Waals surface area contributed by atoms with Crippen molar-refractivity contribution in [2.75, 3.05) is 19.4 Å². The predicted molar refractivity (Wildman–Crippen MR) is 114 cm³/mol. The number of amides is 1. The second-order valence-corrected chi connectivity index (χ2v) is 11.5. The van der Waals surface area contributed by atoms with Gasteiger partial charge in [0, 0.05) is 6.54 Å². The topological polar surface area (TPSA) is 85.4 Å². The number of aromatic nitrogens is 1. The maximum atomic E-state index is 12.9. The molecular formula is C22H31F3N2O4S. The fraction of sp³-hybridized carbons (Fsp3) is 0.727. The van der Waals surface area contributed by atoms with E-state index in [1.54, 1.807) is 0 Å². The molecule has 32 heavy (non-hydrogen) atoms. The molecule has 3 rings (SSSR count). The average Bonchev–Trinajstić information content (AvgIpc) is 3.55. The summed E-state index contributed by atoms with van der Waals surface area (Å²) in [5.74, 6) is -0.120. The Morgan fingerprint density at radius 2 is 1.88 bits per heavy atom. The Morgan fingerprint density at radius 3 is 2.41 bits per heavy atom. The molecule has 1 aromatic rings. The van der Waals surface area contributed by atoms with Gasteiger partial charge in [0.15, 0.2) is 9.84 Å². The third-order valence-corrected chi connectivity index (χ3v) is 9.09. The number of pyridine rings is 1. The van der Waals surface area contributed by atoms with Crippen LogP contribution in [0, 0.1) is 11.3 Å². The zero-order valence-corrected chi connectivity index (χ0v) is 19.3. The molecule has 0 radical (unpaired) electrons. The maximum absolute atomic E-state index is 12.9. The van der Waals surface area contributed by atoms with Crippen LogP contribution in [-0.2, 0) is 16.0 Å². The van der Waals surface area contributed by atoms with Crippen molar-refractivity contribution in [1.29, 1.82) is 0 Å². The molecule has 6 nitrogen and oxygen atoms in total. The second kappa shape index (κ2) is 9.57. The summed E-state index contributed by atoms with van der Waals surface area (Å²) in [6.45, 7) is 2.21. The van der Waals surface area contributed by atoms with Crippen LogP contribution in [0.5, 0.6) is 5.88 Å². The van der Waals surface area contributed by atoms with E-state index in [1.165, 1.54) is 7.11 Å². The summed E-state index contributed by atoms with van der Waals surface area (Å²) in [6, 6.07) is 1.84. The molecular weight excluding hydrogens is 445 g/mol. The highest BCUT2D eigenvalue weighted by molar-refractivity contribution is 7.92. The lowest BCUT2D eigenvalue weighted by atomic mass is 9.70. The van der Waals surface area contributed by atoms with E-state index in [0.717, 1.165) is 31.4 Å². The van der Waals surface area contributed by atoms with E-state index in [0.29, 0.717) is 44.6 Å². The van der Waals surface area contributed by atoms with Crippen molar-refractivity contribution >= 4 is 15.7 Å². The molecule has 2 saturated carbocycles. The van der Waals surface area contributed by atoms with E-state index >= 15 is 0 Å². The summed E-state index contributed by atoms with van der Waals surface area (Å²) in [6.07, 6.45) is 1.76. The minimum atomic E-state index is -4.63. The number of nitrogens with one attached hydrogen (secondary N) is 1. The summed E-state index contributed by atoms with van der Waals surface area (Å²) < 4.78 is 68.6. The highest BCUT2D eigenvalue weighted by Gasteiger charge is 2.42. The molecule has 180 valence electrons. The van der Waals surface area contributed by atoms with E-state index in [9.17, 15) is 26.4 Å². The Balaban J connectivity index is 1.69. The molecule has 10 heteroatoms. The number of methoxy groups -OCH3 is 1. The zero-order chi connectivity index (χ0) is 23.6. The maximum Gasteiger partial charge on any atom is 0.433 e. The van der Waals surface area contributed by atoms with E-state index in [1.807, 2.05) is 6.92 Å². The smallest absolute Gasteiger partial charge is 0.433 e. The van der Waals surface area contributed by atoms with Crippen LogP contribution in [0.1, 0.15) is 74.3 Å². The number of hydrogen-bond acceptors (Lipinski definition) is 5. The molecule has 2 fully saturated rings. The molecule has 2 aliphatic rings. The van der Waals surface area contributed by atoms with Gasteiger partial charge < -0.3 is 10.1 Å². The van der Waals surface area contributed by atoms with E-state index in [-0.39, 0.29) is 27.9 Å². The van der Waals surface area contributed by atoms with Gasteiger partial charge in [-0.2, -0.15) is 13.2 Å². The van der Waals surface area contributed by atoms with Crippen LogP contribution in [-0.4, -0.2) is 44.0 Å². The molecule has 1 N–H and O–H groups in total. The molecule has 0 aliphatic heterocycles. The Labute approximate surface area is 187 Å². The van der Waals surface area contributed by atoms with Crippen molar-refractivity contribution in [3.8, 4) is 5.88 Å². The first-order chi connectivity index (χ1) is 15.0. The quantitative estimate of drug-likeness (QED) is 0.571. The molecule has 1 heterocycles. The van der Waals surface area contributed by atoms with E-state index in [2.05, 4.69) is 10.3 Å². The number of rotatable bonds is 9. The summed E-state index contributed by atoms with van der Waals surface area (Å²) in [4.78, 5) is 16.2. The molecule has 0 saturated heterocycles. The van der Waals surface area contributed by atoms with Gasteiger partial charge in [0.2, 0.25) is 5.88 Å². The average molecular weight is 477 g/mol. The Kier molecular flexibility index (Phi) is 7.41. The lowest BCUT2D eigenvalue weighted by molar-refractivity contribution is -0.141. The molecule has 2 aliphatic carbocycles. The Morgan fingerprint density at radius 1 is 1.22 bits per heavy atom. The van der Waals surface area contributed by atoms with Gasteiger partial charge in [-0.3, -0.25) is 4.79 Å². The Bertz CT molecular complexity index is 922. The molecule has 0 bridgehead atoms. The minimum absolute atomic E-state index is 0.0544. The second-order valence-electron chi connectivity index (χ2n) is 9.15. The monoisotopic (exact) mass is 476 g/mol. The molecule has 0 atom stereocenters. The summed E-state index contributed by atoms with van der Waals surface area (Å²) >= 11 is 0. The molecule has 1 aromatic heterocycles. The van der Waals surface area contributed by atoms with Crippen molar-refractivity contribution in [2.24, 2.45) is 11.3 Å². The first kappa shape index (κ1) is 24.8. The number of halogens is 3. The van der Waals surface area contributed by atoms with Gasteiger partial charge in [-0.15, -0.1) is 0 Å². The van der Waals surface area contributed by atoms with Gasteiger partial charge in [-0.25, -0.2) is 13.4 Å². The standard InChI is InChI=1S/C22H31F3N2O4S/c1-3-12-32(29,30)16-8-10-21(11-9-16,13-15-4-5-15)14-26-19(28)17-6-7-18(22(23,24)25)27-20(17)31-2/h6-7,15-16H,3-5,8-14H2,1-2H3,(H,26,28). The van der Waals surface area contributed by atoms with Gasteiger partial charge in [0.25, 0.3) is 5.91 Å². The van der Waals surface area contributed by atoms with Crippen LogP contribution >= 0.6 is 0 Å². The van der Waals surface area contributed by atoms with Crippen LogP contribution in [0.4, 0.5) is 13.2 Å². The number of carbonyl (C=O) groups excluding carboxylic acids is 1. The highest BCUT2D eigenvalue weighted by atomic mass is 32.2. The van der Waals surface area contributed by atoms with E-state index in [4.69, 9.17) is 4.74 Å². The highest BCUT2D eigenvalue weighted by Crippen LogP contribution is 2.48. The van der Waals surface area contributed by atoms with Crippen molar-refractivity contribution in [2.45, 2.75) is 69.7 Å². The molecule has 0 aromatic carbocycles. The lowest BCUT2D eigenvalue weighted by Gasteiger charge is -2.40. The number of carbonyl (C=O) groups is 1. The number of nitrogens with zero attached hydrogens (tertiary/aromatic N) is 1. The number of alkyl halides is 3. The molecule has 1 amide bonds. The van der Waals surface area contributed by atoms with Crippen molar-refractivity contribution in [3.05, 3.63) is 23.4 Å². The zero-order valence-electron chi connectivity index (χ0n) is 18.5. The van der Waals surface area contributed by atoms with Gasteiger partial charge in [0.1, 0.15) is 11.3 Å². The summed E-state index contributed by atoms with van der Waals surface area (Å²) in [7, 11) is -1.93. The summed E-state index contributed by atoms with van der Waals surface area (Å²) in [5.41, 5.74) is -1.37. The SMILES string of the molecule is CCCS(=O)(=O)C1CCC(CNC(=O)c2ccc(C(F)(F)F)nc2OC)(CC2CC2)CC1. The summed E-state index contributed by atoms with van der Waals surface area (Å²) in [5, 5.41) is 2.54. The minimum Gasteiger partial charge on any atom is -0.480 e. The number of sulfone groups is 1. The van der Waals surface area contributed by atoms with E-state index < -0.39 is 27.6 Å². The van der Waals surface area contributed by atoms with Gasteiger partial charge in [0.05, 0.1) is 18.1 Å². The van der Waals surface area contributed by atoms with Crippen molar-refractivity contribution in [1.82, 2.24) is 10.3 Å². The number of hydrogen-bond donors (Lipinski definition) is 1. The Hall–Kier alpha value is -1.84. The van der Waals surface area contributed by atoms with Crippen LogP contribution in [0.3, 0.4) is 0 Å². The molecule has 0 unspecified atom stereocenters. The fourth-order valence-electron chi connectivity index (χ4n) is 4.69. The molecule has 0 spiro atoms. The normalized spacial score (nSPS) is 24.2. The van der Waals surface area contributed by atoms with Crippen LogP contribution in [0.15, 0.2) is 12.1 Å². The fourth-order valence-corrected chi connectivity index (χ4v) is 6.55. The van der Waals surface area contributed by atoms with Crippen LogP contribution in [0.25, 0.3) is 0 Å². The van der Waals surface area contributed by atoms with Crippen molar-refractivity contribution < 1.29 is 31.1 Å². The largest absolute Gasteiger partial charge is 0.480 e. The third-order valence-electron chi connectivity index (χ3n) is 6.62. The van der Waals surface area contributed by atoms with Gasteiger partial charge >= 0.3 is 6.18 Å². The third kappa shape index (κ3) is 5.94. The van der Waals surface area contributed by atoms with Gasteiger partial charge in [-0.1, -0.05) is 19.8 Å². The van der Waals surface area contributed by atoms with Gasteiger partial charge in [-0.05, 0) is 62.0 Å². The van der Waals surface area contributed by atoms with Crippen molar-refractivity contribution in [3.63, 3.8) is 0 Å². The first-order valence-electron chi connectivity index (χ1n) is 11.1. The van der Waals surface area contributed by atoms with Crippen LogP contribution in [0.2, 0.25) is 0 Å². The predicted octanol–water partition coefficient (Wildman–Crippen LogP) is 4.39. The number of ether oxygens (including phenoxy) is 1. The van der Waals surface area contributed by atoms with Crippen LogP contribution < -0.4 is 10.1 Å².